The monoisotopic (exact) mass is 214 g/mol. The second kappa shape index (κ2) is 3.68. The fourth-order valence-corrected chi connectivity index (χ4v) is 2.33. The van der Waals surface area contributed by atoms with Crippen LogP contribution >= 0.6 is 0 Å². The predicted octanol–water partition coefficient (Wildman–Crippen LogP) is 1.83. The van der Waals surface area contributed by atoms with E-state index in [1.807, 2.05) is 23.2 Å². The van der Waals surface area contributed by atoms with Gasteiger partial charge in [-0.2, -0.15) is 0 Å². The summed E-state index contributed by atoms with van der Waals surface area (Å²) in [5.41, 5.74) is 4.17. The molecule has 0 spiro atoms. The third-order valence-corrected chi connectivity index (χ3v) is 3.15. The zero-order chi connectivity index (χ0) is 11.0. The summed E-state index contributed by atoms with van der Waals surface area (Å²) in [6, 6.07) is 7.72. The highest BCUT2D eigenvalue weighted by Crippen LogP contribution is 2.33. The van der Waals surface area contributed by atoms with Gasteiger partial charge in [0, 0.05) is 12.5 Å². The molecular formula is C13H14N2O. The molecule has 82 valence electrons. The van der Waals surface area contributed by atoms with Gasteiger partial charge in [-0.3, -0.25) is 5.01 Å². The van der Waals surface area contributed by atoms with Crippen molar-refractivity contribution in [2.45, 2.75) is 6.04 Å². The Morgan fingerprint density at radius 1 is 1.19 bits per heavy atom. The molecule has 0 bridgehead atoms. The van der Waals surface area contributed by atoms with E-state index in [9.17, 15) is 5.11 Å². The van der Waals surface area contributed by atoms with E-state index in [1.165, 1.54) is 0 Å². The summed E-state index contributed by atoms with van der Waals surface area (Å²) in [4.78, 5) is 0. The second-order valence-electron chi connectivity index (χ2n) is 4.15. The third kappa shape index (κ3) is 1.41. The number of aromatic hydroxyl groups is 1. The van der Waals surface area contributed by atoms with Crippen molar-refractivity contribution in [3.05, 3.63) is 48.6 Å². The van der Waals surface area contributed by atoms with Crippen LogP contribution in [0, 0.1) is 5.92 Å². The van der Waals surface area contributed by atoms with Crippen molar-refractivity contribution in [2.24, 2.45) is 5.92 Å². The van der Waals surface area contributed by atoms with Crippen molar-refractivity contribution in [2.75, 3.05) is 11.6 Å². The molecule has 0 aromatic heterocycles. The Bertz CT molecular complexity index is 453. The summed E-state index contributed by atoms with van der Waals surface area (Å²) < 4.78 is 0. The van der Waals surface area contributed by atoms with Crippen molar-refractivity contribution in [3.8, 4) is 5.75 Å². The van der Waals surface area contributed by atoms with Crippen molar-refractivity contribution in [3.63, 3.8) is 0 Å². The first-order valence-electron chi connectivity index (χ1n) is 5.52. The molecule has 2 unspecified atom stereocenters. The van der Waals surface area contributed by atoms with Gasteiger partial charge in [0.2, 0.25) is 0 Å². The average molecular weight is 214 g/mol. The third-order valence-electron chi connectivity index (χ3n) is 3.15. The van der Waals surface area contributed by atoms with Crippen LogP contribution in [0.25, 0.3) is 0 Å². The van der Waals surface area contributed by atoms with Crippen molar-refractivity contribution in [1.29, 1.82) is 0 Å². The molecule has 2 atom stereocenters. The van der Waals surface area contributed by atoms with Crippen LogP contribution in [0.4, 0.5) is 5.69 Å². The van der Waals surface area contributed by atoms with E-state index >= 15 is 0 Å². The topological polar surface area (TPSA) is 35.5 Å². The maximum atomic E-state index is 9.84. The summed E-state index contributed by atoms with van der Waals surface area (Å²) in [5, 5.41) is 11.9. The van der Waals surface area contributed by atoms with Gasteiger partial charge in [-0.15, -0.1) is 0 Å². The number of nitrogens with one attached hydrogen (secondary N) is 1. The Labute approximate surface area is 94.7 Å². The first-order chi connectivity index (χ1) is 7.86. The Morgan fingerprint density at radius 3 is 2.88 bits per heavy atom. The number of hydrazine groups is 1. The first kappa shape index (κ1) is 9.48. The maximum absolute atomic E-state index is 9.84. The minimum Gasteiger partial charge on any atom is -0.506 e. The van der Waals surface area contributed by atoms with Crippen LogP contribution in [0.3, 0.4) is 0 Å². The highest BCUT2D eigenvalue weighted by atomic mass is 16.3. The molecule has 1 aromatic rings. The lowest BCUT2D eigenvalue weighted by Gasteiger charge is -2.27. The largest absolute Gasteiger partial charge is 0.506 e. The second-order valence-corrected chi connectivity index (χ2v) is 4.15. The lowest BCUT2D eigenvalue weighted by atomic mass is 9.96. The molecular weight excluding hydrogens is 200 g/mol. The van der Waals surface area contributed by atoms with Crippen molar-refractivity contribution in [1.82, 2.24) is 5.43 Å². The highest BCUT2D eigenvalue weighted by molar-refractivity contribution is 5.59. The molecule has 3 heteroatoms. The van der Waals surface area contributed by atoms with Gasteiger partial charge in [0.25, 0.3) is 0 Å². The van der Waals surface area contributed by atoms with E-state index in [0.717, 1.165) is 12.2 Å². The molecule has 2 aliphatic rings. The number of rotatable bonds is 1. The zero-order valence-corrected chi connectivity index (χ0v) is 8.88. The minimum absolute atomic E-state index is 0.304. The highest BCUT2D eigenvalue weighted by Gasteiger charge is 2.32. The van der Waals surface area contributed by atoms with E-state index in [2.05, 4.69) is 29.7 Å². The molecule has 1 fully saturated rings. The molecule has 2 N–H and O–H groups in total. The zero-order valence-electron chi connectivity index (χ0n) is 8.88. The molecule has 0 amide bonds. The lowest BCUT2D eigenvalue weighted by molar-refractivity contribution is 0.471. The molecule has 16 heavy (non-hydrogen) atoms. The summed E-state index contributed by atoms with van der Waals surface area (Å²) in [6.45, 7) is 0.917. The normalized spacial score (nSPS) is 27.1. The van der Waals surface area contributed by atoms with E-state index in [4.69, 9.17) is 0 Å². The smallest absolute Gasteiger partial charge is 0.140 e. The number of allylic oxidation sites excluding steroid dienone is 2. The van der Waals surface area contributed by atoms with Gasteiger partial charge >= 0.3 is 0 Å². The molecule has 1 aromatic carbocycles. The number of phenolic OH excluding ortho intramolecular Hbond substituents is 1. The Morgan fingerprint density at radius 2 is 2.00 bits per heavy atom. The molecule has 0 saturated carbocycles. The average Bonchev–Trinajstić information content (AvgIpc) is 2.74. The molecule has 3 rings (SSSR count). The summed E-state index contributed by atoms with van der Waals surface area (Å²) in [6.07, 6.45) is 8.51. The number of phenols is 1. The number of hydrogen-bond acceptors (Lipinski definition) is 3. The number of para-hydroxylation sites is 2. The minimum atomic E-state index is 0.304. The SMILES string of the molecule is Oc1ccccc1N1NCC2C=CC=CC21. The fraction of sp³-hybridized carbons (Fsp3) is 0.231. The molecule has 1 saturated heterocycles. The Balaban J connectivity index is 1.95. The molecule has 1 heterocycles. The van der Waals surface area contributed by atoms with Gasteiger partial charge in [0.15, 0.2) is 0 Å². The number of fused-ring (bicyclic) bond motifs is 1. The van der Waals surface area contributed by atoms with Gasteiger partial charge in [-0.1, -0.05) is 36.4 Å². The van der Waals surface area contributed by atoms with Crippen LogP contribution in [-0.2, 0) is 0 Å². The van der Waals surface area contributed by atoms with E-state index in [-0.39, 0.29) is 0 Å². The maximum Gasteiger partial charge on any atom is 0.140 e. The van der Waals surface area contributed by atoms with Gasteiger partial charge in [0.1, 0.15) is 5.75 Å². The number of benzene rings is 1. The number of anilines is 1. The summed E-state index contributed by atoms with van der Waals surface area (Å²) in [5.74, 6) is 0.809. The summed E-state index contributed by atoms with van der Waals surface area (Å²) >= 11 is 0. The summed E-state index contributed by atoms with van der Waals surface area (Å²) in [7, 11) is 0. The van der Waals surface area contributed by atoms with Gasteiger partial charge < -0.3 is 5.11 Å². The van der Waals surface area contributed by atoms with Crippen LogP contribution in [0.2, 0.25) is 0 Å². The molecule has 0 radical (unpaired) electrons. The van der Waals surface area contributed by atoms with Gasteiger partial charge in [0.05, 0.1) is 11.7 Å². The Kier molecular flexibility index (Phi) is 2.18. The standard InChI is InChI=1S/C13H14N2O/c16-13-8-4-3-7-12(13)15-11-6-2-1-5-10(11)9-14-15/h1-8,10-11,14,16H,9H2. The van der Waals surface area contributed by atoms with Crippen LogP contribution < -0.4 is 10.4 Å². The predicted molar refractivity (Wildman–Crippen MR) is 64.1 cm³/mol. The quantitative estimate of drug-likeness (QED) is 0.748. The van der Waals surface area contributed by atoms with Crippen LogP contribution in [0.5, 0.6) is 5.75 Å². The number of hydrogen-bond donors (Lipinski definition) is 2. The van der Waals surface area contributed by atoms with Crippen LogP contribution in [-0.4, -0.2) is 17.7 Å². The van der Waals surface area contributed by atoms with E-state index in [0.29, 0.717) is 17.7 Å². The molecule has 3 nitrogen and oxygen atoms in total. The first-order valence-corrected chi connectivity index (χ1v) is 5.52. The molecule has 1 aliphatic carbocycles. The number of nitrogens with zero attached hydrogens (tertiary/aromatic N) is 1. The van der Waals surface area contributed by atoms with E-state index < -0.39 is 0 Å². The lowest BCUT2D eigenvalue weighted by Crippen LogP contribution is -2.37. The van der Waals surface area contributed by atoms with Crippen LogP contribution in [0.1, 0.15) is 0 Å². The van der Waals surface area contributed by atoms with E-state index in [1.54, 1.807) is 6.07 Å². The van der Waals surface area contributed by atoms with Crippen molar-refractivity contribution < 1.29 is 5.11 Å². The van der Waals surface area contributed by atoms with Gasteiger partial charge in [-0.25, -0.2) is 5.43 Å². The molecule has 1 aliphatic heterocycles. The van der Waals surface area contributed by atoms with Gasteiger partial charge in [-0.05, 0) is 12.1 Å². The Hall–Kier alpha value is -1.74. The van der Waals surface area contributed by atoms with Crippen molar-refractivity contribution >= 4 is 5.69 Å². The van der Waals surface area contributed by atoms with Crippen LogP contribution in [0.15, 0.2) is 48.6 Å². The fourth-order valence-electron chi connectivity index (χ4n) is 2.33.